The number of ketones is 1. The number of aryl methyl sites for hydroxylation is 1. The van der Waals surface area contributed by atoms with Crippen LogP contribution in [0.1, 0.15) is 37.8 Å². The highest BCUT2D eigenvalue weighted by Gasteiger charge is 2.04. The van der Waals surface area contributed by atoms with Crippen molar-refractivity contribution in [1.29, 1.82) is 0 Å². The lowest BCUT2D eigenvalue weighted by atomic mass is 10.0. The first-order valence-electron chi connectivity index (χ1n) is 5.47. The van der Waals surface area contributed by atoms with Gasteiger partial charge in [0.15, 0.2) is 5.78 Å². The molecular weight excluding hydrogens is 184 g/mol. The molecule has 1 aromatic carbocycles. The summed E-state index contributed by atoms with van der Waals surface area (Å²) in [6.45, 7) is 5.99. The lowest BCUT2D eigenvalue weighted by Gasteiger charge is -2.02. The smallest absolute Gasteiger partial charge is 0.158 e. The second-order valence-corrected chi connectivity index (χ2v) is 3.71. The van der Waals surface area contributed by atoms with E-state index in [2.05, 4.69) is 19.1 Å². The molecule has 0 aliphatic carbocycles. The van der Waals surface area contributed by atoms with Crippen LogP contribution in [0.5, 0.6) is 0 Å². The molecule has 0 spiro atoms. The minimum atomic E-state index is 0.248. The molecule has 0 N–H and O–H groups in total. The maximum atomic E-state index is 11.5. The van der Waals surface area contributed by atoms with Gasteiger partial charge >= 0.3 is 0 Å². The molecule has 15 heavy (non-hydrogen) atoms. The van der Waals surface area contributed by atoms with Crippen LogP contribution in [-0.2, 0) is 4.79 Å². The van der Waals surface area contributed by atoms with E-state index in [9.17, 15) is 4.79 Å². The third-order valence-corrected chi connectivity index (χ3v) is 2.48. The van der Waals surface area contributed by atoms with Crippen molar-refractivity contribution in [3.63, 3.8) is 0 Å². The summed E-state index contributed by atoms with van der Waals surface area (Å²) in [4.78, 5) is 11.5. The predicted octanol–water partition coefficient (Wildman–Crippen LogP) is 3.77. The Hall–Kier alpha value is -1.37. The molecule has 0 bridgehead atoms. The summed E-state index contributed by atoms with van der Waals surface area (Å²) in [5.41, 5.74) is 3.27. The second kappa shape index (κ2) is 5.50. The van der Waals surface area contributed by atoms with Crippen LogP contribution in [0.15, 0.2) is 29.8 Å². The molecule has 0 unspecified atom stereocenters. The van der Waals surface area contributed by atoms with Crippen molar-refractivity contribution in [3.05, 3.63) is 41.0 Å². The van der Waals surface area contributed by atoms with E-state index < -0.39 is 0 Å². The molecule has 0 heterocycles. The maximum absolute atomic E-state index is 11.5. The zero-order chi connectivity index (χ0) is 11.3. The van der Waals surface area contributed by atoms with Crippen LogP contribution in [0, 0.1) is 6.92 Å². The number of carbonyl (C=O) groups is 1. The van der Waals surface area contributed by atoms with Crippen molar-refractivity contribution in [3.8, 4) is 0 Å². The molecule has 0 saturated carbocycles. The van der Waals surface area contributed by atoms with Crippen molar-refractivity contribution >= 4 is 11.9 Å². The van der Waals surface area contributed by atoms with Crippen LogP contribution in [0.25, 0.3) is 6.08 Å². The monoisotopic (exact) mass is 202 g/mol. The van der Waals surface area contributed by atoms with E-state index in [-0.39, 0.29) is 5.78 Å². The van der Waals surface area contributed by atoms with E-state index in [4.69, 9.17) is 0 Å². The zero-order valence-electron chi connectivity index (χ0n) is 9.71. The van der Waals surface area contributed by atoms with E-state index in [0.717, 1.165) is 17.6 Å². The minimum absolute atomic E-state index is 0.248. The fourth-order valence-corrected chi connectivity index (χ4v) is 1.47. The van der Waals surface area contributed by atoms with E-state index in [1.807, 2.05) is 32.1 Å². The van der Waals surface area contributed by atoms with Gasteiger partial charge in [0.05, 0.1) is 0 Å². The Labute approximate surface area is 91.8 Å². The minimum Gasteiger partial charge on any atom is -0.295 e. The SMILES string of the molecule is CCC(=O)/C(=C/c1ccc(C)cc1)CC. The Bertz CT molecular complexity index is 357. The van der Waals surface area contributed by atoms with Crippen molar-refractivity contribution in [2.45, 2.75) is 33.6 Å². The first-order valence-corrected chi connectivity index (χ1v) is 5.47. The summed E-state index contributed by atoms with van der Waals surface area (Å²) in [7, 11) is 0. The largest absolute Gasteiger partial charge is 0.295 e. The predicted molar refractivity (Wildman–Crippen MR) is 64.7 cm³/mol. The van der Waals surface area contributed by atoms with Crippen LogP contribution in [0.2, 0.25) is 0 Å². The highest BCUT2D eigenvalue weighted by atomic mass is 16.1. The lowest BCUT2D eigenvalue weighted by molar-refractivity contribution is -0.115. The van der Waals surface area contributed by atoms with Gasteiger partial charge in [0, 0.05) is 6.42 Å². The number of Topliss-reactive ketones (excluding diaryl/α,β-unsaturated/α-hetero) is 1. The van der Waals surface area contributed by atoms with Crippen molar-refractivity contribution in [1.82, 2.24) is 0 Å². The number of allylic oxidation sites excluding steroid dienone is 1. The van der Waals surface area contributed by atoms with Crippen molar-refractivity contribution < 1.29 is 4.79 Å². The molecule has 0 amide bonds. The Kier molecular flexibility index (Phi) is 4.29. The van der Waals surface area contributed by atoms with Gasteiger partial charge in [0.1, 0.15) is 0 Å². The Morgan fingerprint density at radius 1 is 1.13 bits per heavy atom. The highest BCUT2D eigenvalue weighted by molar-refractivity contribution is 5.99. The molecule has 0 aliphatic rings. The fourth-order valence-electron chi connectivity index (χ4n) is 1.47. The first-order chi connectivity index (χ1) is 7.17. The quantitative estimate of drug-likeness (QED) is 0.679. The molecule has 0 radical (unpaired) electrons. The summed E-state index contributed by atoms with van der Waals surface area (Å²) in [6.07, 6.45) is 3.39. The van der Waals surface area contributed by atoms with E-state index in [0.29, 0.717) is 6.42 Å². The van der Waals surface area contributed by atoms with Gasteiger partial charge < -0.3 is 0 Å². The van der Waals surface area contributed by atoms with Crippen LogP contribution in [0.4, 0.5) is 0 Å². The van der Waals surface area contributed by atoms with Crippen LogP contribution in [0.3, 0.4) is 0 Å². The molecule has 1 heteroatoms. The lowest BCUT2D eigenvalue weighted by Crippen LogP contribution is -1.98. The van der Waals surface area contributed by atoms with E-state index in [1.165, 1.54) is 5.56 Å². The average Bonchev–Trinajstić information content (AvgIpc) is 2.27. The van der Waals surface area contributed by atoms with Crippen molar-refractivity contribution in [2.75, 3.05) is 0 Å². The molecule has 0 aromatic heterocycles. The molecule has 0 aliphatic heterocycles. The van der Waals surface area contributed by atoms with E-state index >= 15 is 0 Å². The molecule has 0 atom stereocenters. The maximum Gasteiger partial charge on any atom is 0.158 e. The molecule has 0 saturated heterocycles. The van der Waals surface area contributed by atoms with Crippen LogP contribution in [-0.4, -0.2) is 5.78 Å². The van der Waals surface area contributed by atoms with Crippen LogP contribution < -0.4 is 0 Å². The van der Waals surface area contributed by atoms with Gasteiger partial charge in [-0.1, -0.05) is 43.7 Å². The van der Waals surface area contributed by atoms with Gasteiger partial charge in [-0.3, -0.25) is 4.79 Å². The highest BCUT2D eigenvalue weighted by Crippen LogP contribution is 2.12. The summed E-state index contributed by atoms with van der Waals surface area (Å²) < 4.78 is 0. The van der Waals surface area contributed by atoms with E-state index in [1.54, 1.807) is 0 Å². The average molecular weight is 202 g/mol. The molecule has 0 fully saturated rings. The number of rotatable bonds is 4. The van der Waals surface area contributed by atoms with Gasteiger partial charge in [-0.2, -0.15) is 0 Å². The summed E-state index contributed by atoms with van der Waals surface area (Å²) in [5.74, 6) is 0.248. The Morgan fingerprint density at radius 2 is 1.73 bits per heavy atom. The molecule has 1 aromatic rings. The topological polar surface area (TPSA) is 17.1 Å². The number of carbonyl (C=O) groups excluding carboxylic acids is 1. The summed E-state index contributed by atoms with van der Waals surface area (Å²) in [5, 5.41) is 0. The third kappa shape index (κ3) is 3.35. The fraction of sp³-hybridized carbons (Fsp3) is 0.357. The Balaban J connectivity index is 2.93. The molecule has 1 rings (SSSR count). The number of hydrogen-bond donors (Lipinski definition) is 0. The number of benzene rings is 1. The van der Waals surface area contributed by atoms with Gasteiger partial charge in [0.2, 0.25) is 0 Å². The first kappa shape index (κ1) is 11.7. The standard InChI is InChI=1S/C14H18O/c1-4-13(14(15)5-2)10-12-8-6-11(3)7-9-12/h6-10H,4-5H2,1-3H3/b13-10+. The third-order valence-electron chi connectivity index (χ3n) is 2.48. The van der Waals surface area contributed by atoms with Gasteiger partial charge in [-0.05, 0) is 30.6 Å². The molecule has 80 valence electrons. The molecular formula is C14H18O. The summed E-state index contributed by atoms with van der Waals surface area (Å²) >= 11 is 0. The van der Waals surface area contributed by atoms with Gasteiger partial charge in [-0.15, -0.1) is 0 Å². The van der Waals surface area contributed by atoms with Gasteiger partial charge in [0.25, 0.3) is 0 Å². The second-order valence-electron chi connectivity index (χ2n) is 3.71. The van der Waals surface area contributed by atoms with Crippen molar-refractivity contribution in [2.24, 2.45) is 0 Å². The number of hydrogen-bond acceptors (Lipinski definition) is 1. The Morgan fingerprint density at radius 3 is 2.20 bits per heavy atom. The zero-order valence-corrected chi connectivity index (χ0v) is 9.71. The van der Waals surface area contributed by atoms with Crippen LogP contribution >= 0.6 is 0 Å². The molecule has 1 nitrogen and oxygen atoms in total. The van der Waals surface area contributed by atoms with Gasteiger partial charge in [-0.25, -0.2) is 0 Å². The summed E-state index contributed by atoms with van der Waals surface area (Å²) in [6, 6.07) is 8.23. The normalized spacial score (nSPS) is 11.5.